The summed E-state index contributed by atoms with van der Waals surface area (Å²) in [4.78, 5) is 15.1. The number of rotatable bonds is 4. The van der Waals surface area contributed by atoms with Crippen molar-refractivity contribution in [3.8, 4) is 0 Å². The van der Waals surface area contributed by atoms with Gasteiger partial charge in [-0.3, -0.25) is 10.1 Å². The predicted octanol–water partition coefficient (Wildman–Crippen LogP) is 2.66. The summed E-state index contributed by atoms with van der Waals surface area (Å²) >= 11 is 1.65. The van der Waals surface area contributed by atoms with Crippen LogP contribution in [0.3, 0.4) is 0 Å². The largest absolute Gasteiger partial charge is 0.365 e. The molecule has 5 nitrogen and oxygen atoms in total. The van der Waals surface area contributed by atoms with Crippen LogP contribution < -0.4 is 5.32 Å². The Bertz CT molecular complexity index is 467. The van der Waals surface area contributed by atoms with E-state index in [0.717, 1.165) is 0 Å². The van der Waals surface area contributed by atoms with Gasteiger partial charge in [0.2, 0.25) is 0 Å². The van der Waals surface area contributed by atoms with Crippen molar-refractivity contribution < 1.29 is 4.92 Å². The lowest BCUT2D eigenvalue weighted by Crippen LogP contribution is -1.99. The maximum absolute atomic E-state index is 10.4. The standard InChI is InChI=1S/C10H9N3O2S/c14-13(15)8-3-4-10(11-6-8)12-7-9-2-1-5-16-9/h1-6H,7H2,(H,11,12). The molecule has 0 aliphatic rings. The zero-order valence-electron chi connectivity index (χ0n) is 8.29. The van der Waals surface area contributed by atoms with E-state index in [0.29, 0.717) is 12.4 Å². The minimum atomic E-state index is -0.462. The van der Waals surface area contributed by atoms with Crippen LogP contribution in [-0.2, 0) is 6.54 Å². The summed E-state index contributed by atoms with van der Waals surface area (Å²) in [7, 11) is 0. The van der Waals surface area contributed by atoms with Crippen molar-refractivity contribution in [1.82, 2.24) is 4.98 Å². The first-order valence-corrected chi connectivity index (χ1v) is 5.50. The summed E-state index contributed by atoms with van der Waals surface area (Å²) in [6, 6.07) is 7.03. The van der Waals surface area contributed by atoms with Crippen LogP contribution in [0.25, 0.3) is 0 Å². The van der Waals surface area contributed by atoms with Crippen LogP contribution >= 0.6 is 11.3 Å². The number of nitrogens with one attached hydrogen (secondary N) is 1. The average molecular weight is 235 g/mol. The molecule has 2 rings (SSSR count). The van der Waals surface area contributed by atoms with Gasteiger partial charge in [-0.1, -0.05) is 6.07 Å². The molecule has 0 aliphatic carbocycles. The predicted molar refractivity (Wildman–Crippen MR) is 62.5 cm³/mol. The Hall–Kier alpha value is -1.95. The molecule has 82 valence electrons. The second-order valence-corrected chi connectivity index (χ2v) is 4.12. The maximum Gasteiger partial charge on any atom is 0.287 e. The fourth-order valence-electron chi connectivity index (χ4n) is 1.19. The molecule has 0 saturated carbocycles. The van der Waals surface area contributed by atoms with Crippen LogP contribution in [0.1, 0.15) is 4.88 Å². The van der Waals surface area contributed by atoms with Crippen LogP contribution in [0.4, 0.5) is 11.5 Å². The number of aromatic nitrogens is 1. The Morgan fingerprint density at radius 3 is 2.88 bits per heavy atom. The van der Waals surface area contributed by atoms with Gasteiger partial charge >= 0.3 is 0 Å². The number of thiophene rings is 1. The van der Waals surface area contributed by atoms with Crippen molar-refractivity contribution in [1.29, 1.82) is 0 Å². The third-order valence-electron chi connectivity index (χ3n) is 1.98. The van der Waals surface area contributed by atoms with E-state index in [-0.39, 0.29) is 5.69 Å². The summed E-state index contributed by atoms with van der Waals surface area (Å²) in [5, 5.41) is 15.5. The van der Waals surface area contributed by atoms with Gasteiger partial charge < -0.3 is 5.32 Å². The van der Waals surface area contributed by atoms with E-state index in [4.69, 9.17) is 0 Å². The Balaban J connectivity index is 1.98. The smallest absolute Gasteiger partial charge is 0.287 e. The van der Waals surface area contributed by atoms with E-state index in [2.05, 4.69) is 10.3 Å². The number of pyridine rings is 1. The second-order valence-electron chi connectivity index (χ2n) is 3.09. The molecule has 2 aromatic rings. The summed E-state index contributed by atoms with van der Waals surface area (Å²) in [5.41, 5.74) is 0.00155. The second kappa shape index (κ2) is 4.71. The first-order chi connectivity index (χ1) is 7.75. The third-order valence-corrected chi connectivity index (χ3v) is 2.86. The molecule has 6 heteroatoms. The molecular weight excluding hydrogens is 226 g/mol. The topological polar surface area (TPSA) is 68.1 Å². The number of anilines is 1. The van der Waals surface area contributed by atoms with Crippen LogP contribution in [0, 0.1) is 10.1 Å². The van der Waals surface area contributed by atoms with Gasteiger partial charge in [-0.25, -0.2) is 4.98 Å². The summed E-state index contributed by atoms with van der Waals surface area (Å²) in [5.74, 6) is 0.638. The lowest BCUT2D eigenvalue weighted by Gasteiger charge is -2.02. The number of nitro groups is 1. The van der Waals surface area contributed by atoms with Crippen LogP contribution in [0.15, 0.2) is 35.8 Å². The van der Waals surface area contributed by atoms with Gasteiger partial charge in [0.05, 0.1) is 11.5 Å². The highest BCUT2D eigenvalue weighted by atomic mass is 32.1. The van der Waals surface area contributed by atoms with Gasteiger partial charge in [0.25, 0.3) is 5.69 Å². The molecule has 0 radical (unpaired) electrons. The van der Waals surface area contributed by atoms with Crippen LogP contribution in [-0.4, -0.2) is 9.91 Å². The Kier molecular flexibility index (Phi) is 3.11. The number of nitrogens with zero attached hydrogens (tertiary/aromatic N) is 2. The van der Waals surface area contributed by atoms with Crippen molar-refractivity contribution >= 4 is 22.8 Å². The fourth-order valence-corrected chi connectivity index (χ4v) is 1.83. The van der Waals surface area contributed by atoms with E-state index in [1.165, 1.54) is 17.1 Å². The molecule has 0 atom stereocenters. The van der Waals surface area contributed by atoms with E-state index in [1.54, 1.807) is 17.4 Å². The van der Waals surface area contributed by atoms with Crippen molar-refractivity contribution in [2.75, 3.05) is 5.32 Å². The van der Waals surface area contributed by atoms with E-state index in [9.17, 15) is 10.1 Å². The summed E-state index contributed by atoms with van der Waals surface area (Å²) < 4.78 is 0. The van der Waals surface area contributed by atoms with E-state index >= 15 is 0 Å². The van der Waals surface area contributed by atoms with Gasteiger partial charge in [0.15, 0.2) is 0 Å². The fraction of sp³-hybridized carbons (Fsp3) is 0.100. The molecule has 0 amide bonds. The number of hydrogen-bond donors (Lipinski definition) is 1. The lowest BCUT2D eigenvalue weighted by atomic mass is 10.4. The molecule has 0 unspecified atom stereocenters. The molecule has 2 aromatic heterocycles. The highest BCUT2D eigenvalue weighted by molar-refractivity contribution is 7.09. The number of hydrogen-bond acceptors (Lipinski definition) is 5. The van der Waals surface area contributed by atoms with Crippen LogP contribution in [0.2, 0.25) is 0 Å². The normalized spacial score (nSPS) is 10.0. The highest BCUT2D eigenvalue weighted by Gasteiger charge is 2.04. The summed E-state index contributed by atoms with van der Waals surface area (Å²) in [6.45, 7) is 0.683. The molecule has 0 fully saturated rings. The lowest BCUT2D eigenvalue weighted by molar-refractivity contribution is -0.385. The van der Waals surface area contributed by atoms with Gasteiger partial charge in [-0.2, -0.15) is 0 Å². The molecule has 0 aromatic carbocycles. The van der Waals surface area contributed by atoms with Crippen molar-refractivity contribution in [2.45, 2.75) is 6.54 Å². The Morgan fingerprint density at radius 2 is 2.31 bits per heavy atom. The van der Waals surface area contributed by atoms with Gasteiger partial charge in [-0.05, 0) is 17.5 Å². The zero-order valence-corrected chi connectivity index (χ0v) is 9.11. The van der Waals surface area contributed by atoms with Crippen LogP contribution in [0.5, 0.6) is 0 Å². The molecule has 16 heavy (non-hydrogen) atoms. The van der Waals surface area contributed by atoms with Crippen molar-refractivity contribution in [2.24, 2.45) is 0 Å². The van der Waals surface area contributed by atoms with Gasteiger partial charge in [0.1, 0.15) is 12.0 Å². The first-order valence-electron chi connectivity index (χ1n) is 4.62. The molecule has 0 spiro atoms. The first kappa shape index (κ1) is 10.6. The van der Waals surface area contributed by atoms with Crippen molar-refractivity contribution in [3.63, 3.8) is 0 Å². The minimum absolute atomic E-state index is 0.00155. The Morgan fingerprint density at radius 1 is 1.44 bits per heavy atom. The molecule has 0 bridgehead atoms. The van der Waals surface area contributed by atoms with Gasteiger partial charge in [0, 0.05) is 10.9 Å². The molecule has 0 aliphatic heterocycles. The zero-order chi connectivity index (χ0) is 11.4. The van der Waals surface area contributed by atoms with E-state index < -0.39 is 4.92 Å². The molecule has 0 saturated heterocycles. The molecular formula is C10H9N3O2S. The SMILES string of the molecule is O=[N+]([O-])c1ccc(NCc2cccs2)nc1. The minimum Gasteiger partial charge on any atom is -0.365 e. The monoisotopic (exact) mass is 235 g/mol. The average Bonchev–Trinajstić information content (AvgIpc) is 2.80. The molecule has 2 heterocycles. The van der Waals surface area contributed by atoms with Crippen molar-refractivity contribution in [3.05, 3.63) is 50.8 Å². The maximum atomic E-state index is 10.4. The Labute approximate surface area is 95.9 Å². The quantitative estimate of drug-likeness (QED) is 0.653. The highest BCUT2D eigenvalue weighted by Crippen LogP contribution is 2.14. The van der Waals surface area contributed by atoms with Gasteiger partial charge in [-0.15, -0.1) is 11.3 Å². The molecule has 1 N–H and O–H groups in total. The van der Waals surface area contributed by atoms with E-state index in [1.807, 2.05) is 17.5 Å². The summed E-state index contributed by atoms with van der Waals surface area (Å²) in [6.07, 6.45) is 1.25. The third kappa shape index (κ3) is 2.54.